The van der Waals surface area contributed by atoms with Crippen molar-refractivity contribution < 1.29 is 18.0 Å². The molecule has 0 fully saturated rings. The highest BCUT2D eigenvalue weighted by atomic mass is 35.5. The molecule has 0 saturated carbocycles. The van der Waals surface area contributed by atoms with Gasteiger partial charge in [-0.2, -0.15) is 0 Å². The number of benzene rings is 3. The number of para-hydroxylation sites is 1. The lowest BCUT2D eigenvalue weighted by molar-refractivity contribution is -0.140. The number of halogens is 1. The van der Waals surface area contributed by atoms with Crippen LogP contribution in [0.2, 0.25) is 5.02 Å². The predicted molar refractivity (Wildman–Crippen MR) is 161 cm³/mol. The van der Waals surface area contributed by atoms with Gasteiger partial charge < -0.3 is 10.2 Å². The van der Waals surface area contributed by atoms with Crippen LogP contribution in [0.1, 0.15) is 49.8 Å². The second kappa shape index (κ2) is 14.3. The highest BCUT2D eigenvalue weighted by Gasteiger charge is 2.34. The zero-order chi connectivity index (χ0) is 29.3. The van der Waals surface area contributed by atoms with Crippen molar-refractivity contribution in [2.45, 2.75) is 64.4 Å². The first kappa shape index (κ1) is 31.2. The molecule has 1 N–H and O–H groups in total. The summed E-state index contributed by atoms with van der Waals surface area (Å²) in [6.45, 7) is 7.73. The lowest BCUT2D eigenvalue weighted by Crippen LogP contribution is -2.52. The van der Waals surface area contributed by atoms with Gasteiger partial charge in [-0.1, -0.05) is 79.9 Å². The third-order valence-electron chi connectivity index (χ3n) is 6.75. The molecule has 7 nitrogen and oxygen atoms in total. The van der Waals surface area contributed by atoms with Crippen molar-refractivity contribution in [2.75, 3.05) is 17.4 Å². The molecule has 0 aliphatic rings. The number of hydrogen-bond acceptors (Lipinski definition) is 4. The molecular weight excluding hydrogens is 546 g/mol. The number of rotatable bonds is 13. The number of hydrogen-bond donors (Lipinski definition) is 1. The van der Waals surface area contributed by atoms with Gasteiger partial charge in [0.1, 0.15) is 12.6 Å². The Balaban J connectivity index is 2.04. The minimum atomic E-state index is -4.10. The Bertz CT molecular complexity index is 1390. The lowest BCUT2D eigenvalue weighted by atomic mass is 10.1. The summed E-state index contributed by atoms with van der Waals surface area (Å²) in [5.41, 5.74) is 2.82. The maximum atomic E-state index is 14.1. The van der Waals surface area contributed by atoms with E-state index in [1.165, 1.54) is 4.90 Å². The number of unbranched alkanes of at least 4 members (excludes halogenated alkanes) is 1. The Morgan fingerprint density at radius 3 is 2.17 bits per heavy atom. The van der Waals surface area contributed by atoms with Gasteiger partial charge in [0.15, 0.2) is 0 Å². The number of amides is 2. The van der Waals surface area contributed by atoms with Gasteiger partial charge in [0.25, 0.3) is 10.0 Å². The van der Waals surface area contributed by atoms with Crippen molar-refractivity contribution in [1.82, 2.24) is 10.2 Å². The third-order valence-corrected chi connectivity index (χ3v) is 8.78. The molecule has 0 aliphatic carbocycles. The molecule has 3 aromatic carbocycles. The molecule has 0 radical (unpaired) electrons. The van der Waals surface area contributed by atoms with Gasteiger partial charge >= 0.3 is 0 Å². The van der Waals surface area contributed by atoms with Crippen LogP contribution in [-0.4, -0.2) is 44.3 Å². The molecule has 9 heteroatoms. The van der Waals surface area contributed by atoms with E-state index in [0.29, 0.717) is 29.2 Å². The topological polar surface area (TPSA) is 86.8 Å². The van der Waals surface area contributed by atoms with Crippen molar-refractivity contribution in [3.8, 4) is 0 Å². The van der Waals surface area contributed by atoms with Gasteiger partial charge in [0.05, 0.1) is 10.6 Å². The lowest BCUT2D eigenvalue weighted by Gasteiger charge is -2.33. The van der Waals surface area contributed by atoms with Crippen molar-refractivity contribution in [1.29, 1.82) is 0 Å². The molecule has 0 bridgehead atoms. The molecule has 0 spiro atoms. The molecular formula is C31H38ClN3O4S. The fraction of sp³-hybridized carbons (Fsp3) is 0.355. The average molecular weight is 584 g/mol. The Morgan fingerprint density at radius 2 is 1.57 bits per heavy atom. The molecule has 0 heterocycles. The Hall–Kier alpha value is -3.36. The SMILES string of the molecule is CCCCNC(=O)[C@H](CC)N(Cc1ccc(Cl)cc1)C(=O)CN(c1ccccc1C)S(=O)(=O)c1ccc(C)cc1. The van der Waals surface area contributed by atoms with Crippen LogP contribution in [-0.2, 0) is 26.2 Å². The van der Waals surface area contributed by atoms with Crippen LogP contribution in [0, 0.1) is 13.8 Å². The van der Waals surface area contributed by atoms with E-state index in [4.69, 9.17) is 11.6 Å². The number of aryl methyl sites for hydroxylation is 2. The predicted octanol–water partition coefficient (Wildman–Crippen LogP) is 5.88. The van der Waals surface area contributed by atoms with Crippen LogP contribution >= 0.6 is 11.6 Å². The zero-order valence-corrected chi connectivity index (χ0v) is 25.1. The zero-order valence-electron chi connectivity index (χ0n) is 23.6. The fourth-order valence-corrected chi connectivity index (χ4v) is 6.01. The molecule has 0 aliphatic heterocycles. The Morgan fingerprint density at radius 1 is 0.925 bits per heavy atom. The van der Waals surface area contributed by atoms with Crippen LogP contribution in [0.3, 0.4) is 0 Å². The summed E-state index contributed by atoms with van der Waals surface area (Å²) in [5.74, 6) is -0.742. The minimum absolute atomic E-state index is 0.0859. The maximum Gasteiger partial charge on any atom is 0.264 e. The van der Waals surface area contributed by atoms with Crippen LogP contribution < -0.4 is 9.62 Å². The van der Waals surface area contributed by atoms with Gasteiger partial charge in [-0.25, -0.2) is 8.42 Å². The van der Waals surface area contributed by atoms with Crippen LogP contribution in [0.4, 0.5) is 5.69 Å². The van der Waals surface area contributed by atoms with Crippen molar-refractivity contribution in [2.24, 2.45) is 0 Å². The number of carbonyl (C=O) groups excluding carboxylic acids is 2. The summed E-state index contributed by atoms with van der Waals surface area (Å²) in [4.78, 5) is 28.9. The first-order valence-electron chi connectivity index (χ1n) is 13.5. The van der Waals surface area contributed by atoms with Crippen molar-refractivity contribution >= 4 is 39.1 Å². The molecule has 0 saturated heterocycles. The van der Waals surface area contributed by atoms with Gasteiger partial charge in [0.2, 0.25) is 11.8 Å². The molecule has 214 valence electrons. The summed E-state index contributed by atoms with van der Waals surface area (Å²) in [7, 11) is -4.10. The quantitative estimate of drug-likeness (QED) is 0.255. The van der Waals surface area contributed by atoms with Gasteiger partial charge in [-0.3, -0.25) is 13.9 Å². The summed E-state index contributed by atoms with van der Waals surface area (Å²) in [6, 6.07) is 19.9. The maximum absolute atomic E-state index is 14.1. The van der Waals surface area contributed by atoms with Crippen LogP contribution in [0.15, 0.2) is 77.7 Å². The van der Waals surface area contributed by atoms with E-state index < -0.39 is 28.5 Å². The van der Waals surface area contributed by atoms with E-state index in [9.17, 15) is 18.0 Å². The van der Waals surface area contributed by atoms with Gasteiger partial charge in [-0.15, -0.1) is 0 Å². The Kier molecular flexibility index (Phi) is 11.2. The smallest absolute Gasteiger partial charge is 0.264 e. The molecule has 2 amide bonds. The molecule has 1 atom stereocenters. The van der Waals surface area contributed by atoms with Gasteiger partial charge in [0, 0.05) is 18.1 Å². The van der Waals surface area contributed by atoms with E-state index >= 15 is 0 Å². The third kappa shape index (κ3) is 7.86. The second-order valence-electron chi connectivity index (χ2n) is 9.83. The van der Waals surface area contributed by atoms with E-state index in [1.807, 2.05) is 26.8 Å². The van der Waals surface area contributed by atoms with E-state index in [1.54, 1.807) is 73.7 Å². The highest BCUT2D eigenvalue weighted by Crippen LogP contribution is 2.28. The summed E-state index contributed by atoms with van der Waals surface area (Å²) in [6.07, 6.45) is 2.11. The molecule has 0 unspecified atom stereocenters. The largest absolute Gasteiger partial charge is 0.354 e. The summed E-state index contributed by atoms with van der Waals surface area (Å²) < 4.78 is 29.1. The first-order chi connectivity index (χ1) is 19.1. The number of anilines is 1. The number of nitrogens with zero attached hydrogens (tertiary/aromatic N) is 2. The van der Waals surface area contributed by atoms with Crippen molar-refractivity contribution in [3.63, 3.8) is 0 Å². The van der Waals surface area contributed by atoms with Gasteiger partial charge in [-0.05, 0) is 68.1 Å². The fourth-order valence-electron chi connectivity index (χ4n) is 4.41. The molecule has 40 heavy (non-hydrogen) atoms. The standard InChI is InChI=1S/C31H38ClN3O4S/c1-5-7-20-33-31(37)28(6-2)34(21-25-14-16-26(32)17-15-25)30(36)22-35(29-11-9-8-10-24(29)4)40(38,39)27-18-12-23(3)13-19-27/h8-19,28H,5-7,20-22H2,1-4H3,(H,33,37)/t28-/m0/s1. The normalized spacial score (nSPS) is 12.0. The number of nitrogens with one attached hydrogen (secondary N) is 1. The first-order valence-corrected chi connectivity index (χ1v) is 15.4. The van der Waals surface area contributed by atoms with E-state index in [-0.39, 0.29) is 17.3 Å². The summed E-state index contributed by atoms with van der Waals surface area (Å²) >= 11 is 6.07. The molecule has 0 aromatic heterocycles. The summed E-state index contributed by atoms with van der Waals surface area (Å²) in [5, 5.41) is 3.49. The number of sulfonamides is 1. The van der Waals surface area contributed by atoms with Crippen LogP contribution in [0.25, 0.3) is 0 Å². The monoisotopic (exact) mass is 583 g/mol. The highest BCUT2D eigenvalue weighted by molar-refractivity contribution is 7.92. The number of carbonyl (C=O) groups is 2. The van der Waals surface area contributed by atoms with E-state index in [0.717, 1.165) is 28.3 Å². The molecule has 3 rings (SSSR count). The average Bonchev–Trinajstić information content (AvgIpc) is 2.93. The van der Waals surface area contributed by atoms with Crippen LogP contribution in [0.5, 0.6) is 0 Å². The molecule has 3 aromatic rings. The van der Waals surface area contributed by atoms with E-state index in [2.05, 4.69) is 5.32 Å². The van der Waals surface area contributed by atoms with Crippen molar-refractivity contribution in [3.05, 3.63) is 94.5 Å². The Labute approximate surface area is 243 Å². The minimum Gasteiger partial charge on any atom is -0.354 e. The second-order valence-corrected chi connectivity index (χ2v) is 12.1.